The van der Waals surface area contributed by atoms with Crippen LogP contribution in [0.3, 0.4) is 0 Å². The fourth-order valence-electron chi connectivity index (χ4n) is 1.35. The van der Waals surface area contributed by atoms with Crippen LogP contribution in [0.2, 0.25) is 0 Å². The van der Waals surface area contributed by atoms with Crippen LogP contribution < -0.4 is 0 Å². The topological polar surface area (TPSA) is 41.6 Å². The monoisotopic (exact) mass is 253 g/mol. The van der Waals surface area contributed by atoms with Gasteiger partial charge in [0.1, 0.15) is 5.82 Å². The zero-order chi connectivity index (χ0) is 11.4. The molecular weight excluding hydrogens is 242 g/mol. The highest BCUT2D eigenvalue weighted by Crippen LogP contribution is 2.21. The summed E-state index contributed by atoms with van der Waals surface area (Å²) < 4.78 is 0. The largest absolute Gasteiger partial charge is 0.262 e. The summed E-state index contributed by atoms with van der Waals surface area (Å²) in [6.45, 7) is 2.14. The Bertz CT molecular complexity index is 453. The third-order valence-corrected chi connectivity index (χ3v) is 3.23. The lowest BCUT2D eigenvalue weighted by molar-refractivity contribution is 1.02. The van der Waals surface area contributed by atoms with E-state index in [2.05, 4.69) is 34.2 Å². The van der Waals surface area contributed by atoms with Gasteiger partial charge in [-0.2, -0.15) is 5.10 Å². The molecule has 2 rings (SSSR count). The molecule has 1 aromatic carbocycles. The number of hydrogen-bond acceptors (Lipinski definition) is 3. The summed E-state index contributed by atoms with van der Waals surface area (Å²) in [6.07, 6.45) is 0. The van der Waals surface area contributed by atoms with Crippen LogP contribution in [0.4, 0.5) is 0 Å². The van der Waals surface area contributed by atoms with Crippen LogP contribution >= 0.6 is 23.4 Å². The minimum atomic E-state index is 0.358. The van der Waals surface area contributed by atoms with Crippen molar-refractivity contribution in [2.75, 3.05) is 5.75 Å². The summed E-state index contributed by atoms with van der Waals surface area (Å²) in [5.74, 6) is 2.83. The number of nitrogens with one attached hydrogen (secondary N) is 1. The van der Waals surface area contributed by atoms with Crippen molar-refractivity contribution in [3.05, 3.63) is 30.1 Å². The van der Waals surface area contributed by atoms with Crippen molar-refractivity contribution in [1.82, 2.24) is 15.2 Å². The van der Waals surface area contributed by atoms with Gasteiger partial charge in [-0.15, -0.1) is 23.4 Å². The molecule has 1 aromatic heterocycles. The quantitative estimate of drug-likeness (QED) is 0.671. The van der Waals surface area contributed by atoms with E-state index >= 15 is 0 Å². The molecule has 0 saturated carbocycles. The van der Waals surface area contributed by atoms with Crippen LogP contribution in [-0.4, -0.2) is 20.9 Å². The standard InChI is InChI=1S/C11H12ClN3S/c1-2-16-9-5-3-8(4-6-9)11-13-10(7-12)14-15-11/h3-6H,2,7H2,1H3,(H,13,14,15). The van der Waals surface area contributed by atoms with Crippen molar-refractivity contribution >= 4 is 23.4 Å². The molecule has 0 radical (unpaired) electrons. The zero-order valence-corrected chi connectivity index (χ0v) is 10.5. The minimum absolute atomic E-state index is 0.358. The third-order valence-electron chi connectivity index (χ3n) is 2.08. The molecule has 3 nitrogen and oxygen atoms in total. The maximum atomic E-state index is 5.66. The van der Waals surface area contributed by atoms with Crippen LogP contribution in [0.5, 0.6) is 0 Å². The fourth-order valence-corrected chi connectivity index (χ4v) is 2.13. The van der Waals surface area contributed by atoms with E-state index in [9.17, 15) is 0 Å². The van der Waals surface area contributed by atoms with Gasteiger partial charge in [0.2, 0.25) is 0 Å². The van der Waals surface area contributed by atoms with E-state index in [4.69, 9.17) is 11.6 Å². The van der Waals surface area contributed by atoms with Crippen molar-refractivity contribution in [3.63, 3.8) is 0 Å². The van der Waals surface area contributed by atoms with E-state index in [0.717, 1.165) is 11.3 Å². The summed E-state index contributed by atoms with van der Waals surface area (Å²) in [4.78, 5) is 5.53. The zero-order valence-electron chi connectivity index (χ0n) is 8.90. The molecule has 0 atom stereocenters. The number of benzene rings is 1. The Hall–Kier alpha value is -1.00. The number of halogens is 1. The number of aromatic nitrogens is 3. The first kappa shape index (κ1) is 11.5. The molecule has 0 spiro atoms. The Morgan fingerprint density at radius 3 is 2.62 bits per heavy atom. The second-order valence-corrected chi connectivity index (χ2v) is 4.80. The molecule has 0 saturated heterocycles. The number of H-pyrrole nitrogens is 1. The minimum Gasteiger partial charge on any atom is -0.262 e. The first-order chi connectivity index (χ1) is 7.83. The first-order valence-electron chi connectivity index (χ1n) is 5.04. The van der Waals surface area contributed by atoms with E-state index in [1.165, 1.54) is 4.90 Å². The summed E-state index contributed by atoms with van der Waals surface area (Å²) in [6, 6.07) is 8.22. The van der Waals surface area contributed by atoms with Gasteiger partial charge in [0.15, 0.2) is 5.82 Å². The van der Waals surface area contributed by atoms with E-state index in [1.54, 1.807) is 0 Å². The summed E-state index contributed by atoms with van der Waals surface area (Å²) in [7, 11) is 0. The Morgan fingerprint density at radius 1 is 1.31 bits per heavy atom. The molecule has 16 heavy (non-hydrogen) atoms. The lowest BCUT2D eigenvalue weighted by atomic mass is 10.2. The van der Waals surface area contributed by atoms with Gasteiger partial charge in [0.25, 0.3) is 0 Å². The Morgan fingerprint density at radius 2 is 2.06 bits per heavy atom. The molecule has 2 aromatic rings. The summed E-state index contributed by atoms with van der Waals surface area (Å²) in [5.41, 5.74) is 1.01. The summed E-state index contributed by atoms with van der Waals surface area (Å²) in [5, 5.41) is 6.90. The molecule has 0 unspecified atom stereocenters. The molecule has 0 aliphatic heterocycles. The molecule has 84 valence electrons. The highest BCUT2D eigenvalue weighted by Gasteiger charge is 2.04. The lowest BCUT2D eigenvalue weighted by Gasteiger charge is -1.99. The third kappa shape index (κ3) is 2.57. The van der Waals surface area contributed by atoms with Gasteiger partial charge < -0.3 is 0 Å². The predicted molar refractivity (Wildman–Crippen MR) is 67.8 cm³/mol. The number of alkyl halides is 1. The van der Waals surface area contributed by atoms with Crippen molar-refractivity contribution in [2.45, 2.75) is 17.7 Å². The van der Waals surface area contributed by atoms with E-state index in [0.29, 0.717) is 17.5 Å². The van der Waals surface area contributed by atoms with E-state index in [-0.39, 0.29) is 0 Å². The SMILES string of the molecule is CCSc1ccc(-c2n[nH]c(CCl)n2)cc1. The van der Waals surface area contributed by atoms with Gasteiger partial charge in [-0.05, 0) is 17.9 Å². The highest BCUT2D eigenvalue weighted by atomic mass is 35.5. The maximum absolute atomic E-state index is 5.66. The normalized spacial score (nSPS) is 10.6. The number of hydrogen-bond donors (Lipinski definition) is 1. The van der Waals surface area contributed by atoms with Crippen LogP contribution in [0.25, 0.3) is 11.4 Å². The molecular formula is C11H12ClN3S. The van der Waals surface area contributed by atoms with Gasteiger partial charge in [-0.25, -0.2) is 4.98 Å². The first-order valence-corrected chi connectivity index (χ1v) is 6.56. The van der Waals surface area contributed by atoms with Gasteiger partial charge in [-0.1, -0.05) is 19.1 Å². The summed E-state index contributed by atoms with van der Waals surface area (Å²) >= 11 is 7.48. The number of nitrogens with zero attached hydrogens (tertiary/aromatic N) is 2. The molecule has 0 bridgehead atoms. The Kier molecular flexibility index (Phi) is 3.85. The number of thioether (sulfide) groups is 1. The fraction of sp³-hybridized carbons (Fsp3) is 0.273. The average molecular weight is 254 g/mol. The van der Waals surface area contributed by atoms with Crippen molar-refractivity contribution in [2.24, 2.45) is 0 Å². The Labute approximate surface area is 104 Å². The second-order valence-electron chi connectivity index (χ2n) is 3.20. The van der Waals surface area contributed by atoms with Gasteiger partial charge in [0.05, 0.1) is 5.88 Å². The van der Waals surface area contributed by atoms with Crippen LogP contribution in [0.1, 0.15) is 12.7 Å². The van der Waals surface area contributed by atoms with Crippen LogP contribution in [0.15, 0.2) is 29.2 Å². The van der Waals surface area contributed by atoms with Gasteiger partial charge in [-0.3, -0.25) is 5.10 Å². The van der Waals surface area contributed by atoms with E-state index in [1.807, 2.05) is 23.9 Å². The molecule has 0 fully saturated rings. The molecule has 1 heterocycles. The molecule has 0 amide bonds. The molecule has 1 N–H and O–H groups in total. The highest BCUT2D eigenvalue weighted by molar-refractivity contribution is 7.99. The van der Waals surface area contributed by atoms with Crippen molar-refractivity contribution < 1.29 is 0 Å². The van der Waals surface area contributed by atoms with Crippen LogP contribution in [-0.2, 0) is 5.88 Å². The van der Waals surface area contributed by atoms with Gasteiger partial charge in [0, 0.05) is 10.5 Å². The van der Waals surface area contributed by atoms with Crippen LogP contribution in [0, 0.1) is 0 Å². The average Bonchev–Trinajstić information content (AvgIpc) is 2.79. The molecule has 0 aliphatic carbocycles. The van der Waals surface area contributed by atoms with Crippen molar-refractivity contribution in [3.8, 4) is 11.4 Å². The molecule has 5 heteroatoms. The number of aromatic amines is 1. The number of rotatable bonds is 4. The predicted octanol–water partition coefficient (Wildman–Crippen LogP) is 3.32. The second kappa shape index (κ2) is 5.37. The van der Waals surface area contributed by atoms with E-state index < -0.39 is 0 Å². The van der Waals surface area contributed by atoms with Crippen molar-refractivity contribution in [1.29, 1.82) is 0 Å². The van der Waals surface area contributed by atoms with Gasteiger partial charge >= 0.3 is 0 Å². The lowest BCUT2D eigenvalue weighted by Crippen LogP contribution is -1.82. The molecule has 0 aliphatic rings. The maximum Gasteiger partial charge on any atom is 0.181 e. The Balaban J connectivity index is 2.20. The smallest absolute Gasteiger partial charge is 0.181 e.